The van der Waals surface area contributed by atoms with Crippen LogP contribution in [0.25, 0.3) is 0 Å². The second kappa shape index (κ2) is 5.82. The van der Waals surface area contributed by atoms with E-state index < -0.39 is 0 Å². The summed E-state index contributed by atoms with van der Waals surface area (Å²) in [5, 5.41) is 2.76. The van der Waals surface area contributed by atoms with Crippen LogP contribution in [0, 0.1) is 6.92 Å². The SMILES string of the molecule is Cc1nc(NC(=O)CCc2ccco2)ccc1Br. The van der Waals surface area contributed by atoms with Gasteiger partial charge in [0.15, 0.2) is 0 Å². The molecule has 0 saturated heterocycles. The smallest absolute Gasteiger partial charge is 0.225 e. The van der Waals surface area contributed by atoms with Gasteiger partial charge in [0.1, 0.15) is 11.6 Å². The van der Waals surface area contributed by atoms with E-state index in [4.69, 9.17) is 4.42 Å². The van der Waals surface area contributed by atoms with E-state index in [-0.39, 0.29) is 5.91 Å². The Morgan fingerprint density at radius 3 is 2.94 bits per heavy atom. The minimum atomic E-state index is -0.0689. The molecule has 18 heavy (non-hydrogen) atoms. The van der Waals surface area contributed by atoms with E-state index >= 15 is 0 Å². The van der Waals surface area contributed by atoms with Crippen molar-refractivity contribution in [2.75, 3.05) is 5.32 Å². The van der Waals surface area contributed by atoms with Crippen molar-refractivity contribution in [2.45, 2.75) is 19.8 Å². The average molecular weight is 309 g/mol. The lowest BCUT2D eigenvalue weighted by atomic mass is 10.2. The Labute approximate surface area is 114 Å². The number of carbonyl (C=O) groups is 1. The van der Waals surface area contributed by atoms with E-state index in [1.807, 2.05) is 25.1 Å². The summed E-state index contributed by atoms with van der Waals surface area (Å²) >= 11 is 3.36. The fourth-order valence-electron chi connectivity index (χ4n) is 1.51. The Hall–Kier alpha value is -1.62. The topological polar surface area (TPSA) is 55.1 Å². The van der Waals surface area contributed by atoms with Gasteiger partial charge in [-0.2, -0.15) is 0 Å². The highest BCUT2D eigenvalue weighted by atomic mass is 79.9. The highest BCUT2D eigenvalue weighted by molar-refractivity contribution is 9.10. The number of amides is 1. The molecule has 2 aromatic heterocycles. The third-order valence-electron chi connectivity index (χ3n) is 2.47. The molecule has 0 aliphatic heterocycles. The van der Waals surface area contributed by atoms with Crippen LogP contribution >= 0.6 is 15.9 Å². The average Bonchev–Trinajstić information content (AvgIpc) is 2.84. The molecule has 1 amide bonds. The maximum Gasteiger partial charge on any atom is 0.225 e. The van der Waals surface area contributed by atoms with Gasteiger partial charge in [0.05, 0.1) is 12.0 Å². The molecule has 0 fully saturated rings. The van der Waals surface area contributed by atoms with Crippen LogP contribution in [0.4, 0.5) is 5.82 Å². The molecule has 0 spiro atoms. The first-order valence-electron chi connectivity index (χ1n) is 5.60. The number of aryl methyl sites for hydroxylation is 2. The zero-order valence-corrected chi connectivity index (χ0v) is 11.5. The zero-order valence-electron chi connectivity index (χ0n) is 9.94. The number of carbonyl (C=O) groups excluding carboxylic acids is 1. The van der Waals surface area contributed by atoms with Gasteiger partial charge in [-0.05, 0) is 47.1 Å². The number of nitrogens with one attached hydrogen (secondary N) is 1. The molecule has 1 N–H and O–H groups in total. The van der Waals surface area contributed by atoms with Crippen molar-refractivity contribution < 1.29 is 9.21 Å². The Morgan fingerprint density at radius 2 is 2.28 bits per heavy atom. The maximum absolute atomic E-state index is 11.7. The van der Waals surface area contributed by atoms with E-state index in [2.05, 4.69) is 26.2 Å². The van der Waals surface area contributed by atoms with Crippen LogP contribution < -0.4 is 5.32 Å². The standard InChI is InChI=1S/C13H13BrN2O2/c1-9-11(14)5-6-12(15-9)16-13(17)7-4-10-3-2-8-18-10/h2-3,5-6,8H,4,7H2,1H3,(H,15,16,17). The van der Waals surface area contributed by atoms with Gasteiger partial charge in [-0.15, -0.1) is 0 Å². The molecule has 94 valence electrons. The van der Waals surface area contributed by atoms with Crippen LogP contribution in [-0.2, 0) is 11.2 Å². The van der Waals surface area contributed by atoms with Gasteiger partial charge in [0.25, 0.3) is 0 Å². The molecular formula is C13H13BrN2O2. The largest absolute Gasteiger partial charge is 0.469 e. The first-order valence-corrected chi connectivity index (χ1v) is 6.40. The molecule has 5 heteroatoms. The van der Waals surface area contributed by atoms with Crippen LogP contribution in [0.5, 0.6) is 0 Å². The molecule has 0 unspecified atom stereocenters. The van der Waals surface area contributed by atoms with Crippen molar-refractivity contribution in [1.29, 1.82) is 0 Å². The number of halogens is 1. The van der Waals surface area contributed by atoms with E-state index in [0.717, 1.165) is 15.9 Å². The number of aromatic nitrogens is 1. The Morgan fingerprint density at radius 1 is 1.44 bits per heavy atom. The quantitative estimate of drug-likeness (QED) is 0.942. The summed E-state index contributed by atoms with van der Waals surface area (Å²) < 4.78 is 6.09. The molecule has 0 radical (unpaired) electrons. The normalized spacial score (nSPS) is 10.3. The summed E-state index contributed by atoms with van der Waals surface area (Å²) in [4.78, 5) is 16.0. The van der Waals surface area contributed by atoms with Crippen molar-refractivity contribution >= 4 is 27.7 Å². The summed E-state index contributed by atoms with van der Waals surface area (Å²) in [5.41, 5.74) is 0.846. The number of rotatable bonds is 4. The van der Waals surface area contributed by atoms with Crippen molar-refractivity contribution in [2.24, 2.45) is 0 Å². The highest BCUT2D eigenvalue weighted by Crippen LogP contribution is 2.16. The van der Waals surface area contributed by atoms with E-state index in [1.54, 1.807) is 12.3 Å². The van der Waals surface area contributed by atoms with Gasteiger partial charge in [-0.3, -0.25) is 4.79 Å². The fraction of sp³-hybridized carbons (Fsp3) is 0.231. The Kier molecular flexibility index (Phi) is 4.15. The minimum absolute atomic E-state index is 0.0689. The first kappa shape index (κ1) is 12.8. The van der Waals surface area contributed by atoms with Gasteiger partial charge in [0.2, 0.25) is 5.91 Å². The molecule has 2 aromatic rings. The number of pyridine rings is 1. The summed E-state index contributed by atoms with van der Waals surface area (Å²) in [6.07, 6.45) is 2.57. The highest BCUT2D eigenvalue weighted by Gasteiger charge is 2.06. The number of hydrogen-bond donors (Lipinski definition) is 1. The number of anilines is 1. The van der Waals surface area contributed by atoms with Crippen LogP contribution in [0.15, 0.2) is 39.4 Å². The predicted molar refractivity (Wildman–Crippen MR) is 72.3 cm³/mol. The summed E-state index contributed by atoms with van der Waals surface area (Å²) in [7, 11) is 0. The van der Waals surface area contributed by atoms with E-state index in [0.29, 0.717) is 18.7 Å². The van der Waals surface area contributed by atoms with Crippen molar-refractivity contribution in [3.63, 3.8) is 0 Å². The minimum Gasteiger partial charge on any atom is -0.469 e. The van der Waals surface area contributed by atoms with E-state index in [1.165, 1.54) is 0 Å². The lowest BCUT2D eigenvalue weighted by Crippen LogP contribution is -2.13. The summed E-state index contributed by atoms with van der Waals surface area (Å²) in [6.45, 7) is 1.88. The van der Waals surface area contributed by atoms with Crippen molar-refractivity contribution in [1.82, 2.24) is 4.98 Å². The second-order valence-corrected chi connectivity index (χ2v) is 4.75. The fourth-order valence-corrected chi connectivity index (χ4v) is 1.73. The van der Waals surface area contributed by atoms with Crippen molar-refractivity contribution in [3.8, 4) is 0 Å². The van der Waals surface area contributed by atoms with Crippen LogP contribution in [0.1, 0.15) is 17.9 Å². The molecule has 0 aliphatic carbocycles. The van der Waals surface area contributed by atoms with Gasteiger partial charge in [-0.1, -0.05) is 0 Å². The van der Waals surface area contributed by atoms with Crippen LogP contribution in [-0.4, -0.2) is 10.9 Å². The first-order chi connectivity index (χ1) is 8.65. The van der Waals surface area contributed by atoms with Crippen LogP contribution in [0.2, 0.25) is 0 Å². The lowest BCUT2D eigenvalue weighted by Gasteiger charge is -2.05. The molecule has 0 atom stereocenters. The predicted octanol–water partition coefficient (Wildman–Crippen LogP) is 3.32. The Balaban J connectivity index is 1.88. The lowest BCUT2D eigenvalue weighted by molar-refractivity contribution is -0.116. The molecule has 4 nitrogen and oxygen atoms in total. The molecule has 0 bridgehead atoms. The van der Waals surface area contributed by atoms with Gasteiger partial charge < -0.3 is 9.73 Å². The van der Waals surface area contributed by atoms with Gasteiger partial charge in [0, 0.05) is 17.3 Å². The molecule has 2 heterocycles. The maximum atomic E-state index is 11.7. The number of furan rings is 1. The summed E-state index contributed by atoms with van der Waals surface area (Å²) in [5.74, 6) is 1.31. The number of nitrogens with zero attached hydrogens (tertiary/aromatic N) is 1. The third-order valence-corrected chi connectivity index (χ3v) is 3.31. The van der Waals surface area contributed by atoms with Crippen LogP contribution in [0.3, 0.4) is 0 Å². The molecule has 2 rings (SSSR count). The monoisotopic (exact) mass is 308 g/mol. The Bertz CT molecular complexity index is 538. The van der Waals surface area contributed by atoms with E-state index in [9.17, 15) is 4.79 Å². The molecule has 0 saturated carbocycles. The molecule has 0 aromatic carbocycles. The number of hydrogen-bond acceptors (Lipinski definition) is 3. The van der Waals surface area contributed by atoms with Gasteiger partial charge >= 0.3 is 0 Å². The van der Waals surface area contributed by atoms with Gasteiger partial charge in [-0.25, -0.2) is 4.98 Å². The molecule has 0 aliphatic rings. The molecular weight excluding hydrogens is 296 g/mol. The van der Waals surface area contributed by atoms with Crippen molar-refractivity contribution in [3.05, 3.63) is 46.5 Å². The second-order valence-electron chi connectivity index (χ2n) is 3.89. The zero-order chi connectivity index (χ0) is 13.0. The summed E-state index contributed by atoms with van der Waals surface area (Å²) in [6, 6.07) is 7.30. The third kappa shape index (κ3) is 3.43.